The molecule has 0 atom stereocenters. The first kappa shape index (κ1) is 20.6. The van der Waals surface area contributed by atoms with Gasteiger partial charge >= 0.3 is 0 Å². The molecule has 7 heteroatoms. The number of para-hydroxylation sites is 1. The van der Waals surface area contributed by atoms with Gasteiger partial charge in [-0.15, -0.1) is 11.8 Å². The van der Waals surface area contributed by atoms with Gasteiger partial charge in [-0.05, 0) is 42.8 Å². The van der Waals surface area contributed by atoms with E-state index in [1.165, 1.54) is 11.8 Å². The first-order chi connectivity index (χ1) is 13.6. The lowest BCUT2D eigenvalue weighted by molar-refractivity contribution is -0.128. The smallest absolute Gasteiger partial charge is 0.257 e. The lowest BCUT2D eigenvalue weighted by atomic mass is 10.1. The van der Waals surface area contributed by atoms with Crippen LogP contribution in [-0.4, -0.2) is 60.7 Å². The van der Waals surface area contributed by atoms with Crippen LogP contribution in [0.3, 0.4) is 0 Å². The molecule has 0 bridgehead atoms. The summed E-state index contributed by atoms with van der Waals surface area (Å²) in [6.07, 6.45) is 0.762. The van der Waals surface area contributed by atoms with E-state index in [0.717, 1.165) is 11.3 Å². The topological polar surface area (TPSA) is 49.9 Å². The van der Waals surface area contributed by atoms with Crippen molar-refractivity contribution in [3.05, 3.63) is 59.1 Å². The molecule has 0 saturated carbocycles. The van der Waals surface area contributed by atoms with Gasteiger partial charge in [0.15, 0.2) is 0 Å². The lowest BCUT2D eigenvalue weighted by Crippen LogP contribution is -2.38. The van der Waals surface area contributed by atoms with Crippen LogP contribution >= 0.6 is 23.4 Å². The third-order valence-electron chi connectivity index (χ3n) is 4.65. The average Bonchev–Trinajstić information content (AvgIpc) is 2.99. The largest absolute Gasteiger partial charge is 0.496 e. The molecule has 2 amide bonds. The van der Waals surface area contributed by atoms with E-state index in [0.29, 0.717) is 48.3 Å². The summed E-state index contributed by atoms with van der Waals surface area (Å²) in [6, 6.07) is 14.7. The van der Waals surface area contributed by atoms with E-state index < -0.39 is 0 Å². The van der Waals surface area contributed by atoms with Crippen molar-refractivity contribution in [2.45, 2.75) is 11.3 Å². The molecule has 0 unspecified atom stereocenters. The van der Waals surface area contributed by atoms with Crippen LogP contribution in [0.15, 0.2) is 53.4 Å². The van der Waals surface area contributed by atoms with E-state index in [9.17, 15) is 9.59 Å². The van der Waals surface area contributed by atoms with Crippen molar-refractivity contribution in [2.24, 2.45) is 0 Å². The maximum atomic E-state index is 12.9. The zero-order valence-corrected chi connectivity index (χ0v) is 17.3. The predicted molar refractivity (Wildman–Crippen MR) is 112 cm³/mol. The SMILES string of the molecule is COc1ccccc1C(=O)N1CCCN(C(=O)CSc2ccc(Cl)cc2)CC1. The van der Waals surface area contributed by atoms with Gasteiger partial charge in [0, 0.05) is 36.1 Å². The number of hydrogen-bond acceptors (Lipinski definition) is 4. The number of rotatable bonds is 5. The molecule has 1 heterocycles. The number of halogens is 1. The number of ether oxygens (including phenoxy) is 1. The molecule has 5 nitrogen and oxygen atoms in total. The fourth-order valence-corrected chi connectivity index (χ4v) is 4.06. The fourth-order valence-electron chi connectivity index (χ4n) is 3.13. The minimum Gasteiger partial charge on any atom is -0.496 e. The van der Waals surface area contributed by atoms with Crippen molar-refractivity contribution in [3.63, 3.8) is 0 Å². The number of benzene rings is 2. The third-order valence-corrected chi connectivity index (χ3v) is 5.90. The van der Waals surface area contributed by atoms with E-state index in [-0.39, 0.29) is 11.8 Å². The molecule has 1 aliphatic heterocycles. The normalized spacial score (nSPS) is 14.5. The predicted octanol–water partition coefficient (Wildman–Crippen LogP) is 3.82. The molecule has 0 aromatic heterocycles. The van der Waals surface area contributed by atoms with Crippen LogP contribution in [0.2, 0.25) is 5.02 Å². The zero-order valence-electron chi connectivity index (χ0n) is 15.8. The summed E-state index contributed by atoms with van der Waals surface area (Å²) in [5.74, 6) is 0.986. The Labute approximate surface area is 174 Å². The molecule has 1 fully saturated rings. The second-order valence-corrected chi connectivity index (χ2v) is 7.95. The van der Waals surface area contributed by atoms with E-state index >= 15 is 0 Å². The van der Waals surface area contributed by atoms with Crippen LogP contribution in [-0.2, 0) is 4.79 Å². The highest BCUT2D eigenvalue weighted by atomic mass is 35.5. The van der Waals surface area contributed by atoms with Gasteiger partial charge in [0.05, 0.1) is 18.4 Å². The Bertz CT molecular complexity index is 829. The maximum absolute atomic E-state index is 12.9. The molecule has 0 spiro atoms. The molecule has 1 saturated heterocycles. The van der Waals surface area contributed by atoms with E-state index in [4.69, 9.17) is 16.3 Å². The Balaban J connectivity index is 1.56. The molecule has 3 rings (SSSR count). The number of carbonyl (C=O) groups excluding carboxylic acids is 2. The summed E-state index contributed by atoms with van der Waals surface area (Å²) < 4.78 is 5.31. The highest BCUT2D eigenvalue weighted by Crippen LogP contribution is 2.22. The van der Waals surface area contributed by atoms with Crippen LogP contribution in [0.4, 0.5) is 0 Å². The number of amides is 2. The van der Waals surface area contributed by atoms with Crippen molar-refractivity contribution in [2.75, 3.05) is 39.0 Å². The average molecular weight is 419 g/mol. The molecule has 0 radical (unpaired) electrons. The molecule has 148 valence electrons. The number of methoxy groups -OCH3 is 1. The molecule has 2 aromatic rings. The Morgan fingerprint density at radius 2 is 1.68 bits per heavy atom. The molecule has 0 N–H and O–H groups in total. The standard InChI is InChI=1S/C21H23ClN2O3S/c1-27-19-6-3-2-5-18(19)21(26)24-12-4-11-23(13-14-24)20(25)15-28-17-9-7-16(22)8-10-17/h2-3,5-10H,4,11-15H2,1H3. The fraction of sp³-hybridized carbons (Fsp3) is 0.333. The van der Waals surface area contributed by atoms with Gasteiger partial charge < -0.3 is 14.5 Å². The van der Waals surface area contributed by atoms with Crippen molar-refractivity contribution in [1.29, 1.82) is 0 Å². The van der Waals surface area contributed by atoms with E-state index in [1.54, 1.807) is 24.1 Å². The third kappa shape index (κ3) is 5.20. The molecular formula is C21H23ClN2O3S. The van der Waals surface area contributed by atoms with Gasteiger partial charge in [-0.2, -0.15) is 0 Å². The van der Waals surface area contributed by atoms with Gasteiger partial charge in [0.2, 0.25) is 5.91 Å². The van der Waals surface area contributed by atoms with Gasteiger partial charge in [-0.1, -0.05) is 23.7 Å². The number of hydrogen-bond donors (Lipinski definition) is 0. The van der Waals surface area contributed by atoms with Crippen molar-refractivity contribution < 1.29 is 14.3 Å². The van der Waals surface area contributed by atoms with Crippen molar-refractivity contribution in [3.8, 4) is 5.75 Å². The van der Waals surface area contributed by atoms with Crippen molar-refractivity contribution >= 4 is 35.2 Å². The second kappa shape index (κ2) is 9.85. The Kier molecular flexibility index (Phi) is 7.23. The molecule has 2 aromatic carbocycles. The number of nitrogens with zero attached hydrogens (tertiary/aromatic N) is 2. The van der Waals surface area contributed by atoms with Crippen LogP contribution in [0.1, 0.15) is 16.8 Å². The Hall–Kier alpha value is -2.18. The monoisotopic (exact) mass is 418 g/mol. The Morgan fingerprint density at radius 1 is 1.00 bits per heavy atom. The van der Waals surface area contributed by atoms with Gasteiger partial charge in [0.1, 0.15) is 5.75 Å². The quantitative estimate of drug-likeness (QED) is 0.693. The highest BCUT2D eigenvalue weighted by molar-refractivity contribution is 8.00. The first-order valence-electron chi connectivity index (χ1n) is 9.17. The summed E-state index contributed by atoms with van der Waals surface area (Å²) >= 11 is 7.39. The summed E-state index contributed by atoms with van der Waals surface area (Å²) in [5.41, 5.74) is 0.558. The minimum atomic E-state index is -0.0534. The van der Waals surface area contributed by atoms with Gasteiger partial charge in [0.25, 0.3) is 5.91 Å². The molecule has 0 aliphatic carbocycles. The minimum absolute atomic E-state index is 0.0534. The van der Waals surface area contributed by atoms with Crippen LogP contribution in [0, 0.1) is 0 Å². The molecule has 28 heavy (non-hydrogen) atoms. The summed E-state index contributed by atoms with van der Waals surface area (Å²) in [7, 11) is 1.56. The second-order valence-electron chi connectivity index (χ2n) is 6.47. The maximum Gasteiger partial charge on any atom is 0.257 e. The van der Waals surface area contributed by atoms with E-state index in [2.05, 4.69) is 0 Å². The number of thioether (sulfide) groups is 1. The first-order valence-corrected chi connectivity index (χ1v) is 10.5. The van der Waals surface area contributed by atoms with Crippen LogP contribution in [0.25, 0.3) is 0 Å². The molecule has 1 aliphatic rings. The lowest BCUT2D eigenvalue weighted by Gasteiger charge is -2.23. The van der Waals surface area contributed by atoms with Gasteiger partial charge in [-0.25, -0.2) is 0 Å². The zero-order chi connectivity index (χ0) is 19.9. The van der Waals surface area contributed by atoms with Gasteiger partial charge in [-0.3, -0.25) is 9.59 Å². The summed E-state index contributed by atoms with van der Waals surface area (Å²) in [6.45, 7) is 2.36. The molecular weight excluding hydrogens is 396 g/mol. The van der Waals surface area contributed by atoms with E-state index in [1.807, 2.05) is 41.3 Å². The number of carbonyl (C=O) groups is 2. The van der Waals surface area contributed by atoms with Crippen LogP contribution < -0.4 is 4.74 Å². The summed E-state index contributed by atoms with van der Waals surface area (Å²) in [4.78, 5) is 30.1. The van der Waals surface area contributed by atoms with Crippen molar-refractivity contribution in [1.82, 2.24) is 9.80 Å². The summed E-state index contributed by atoms with van der Waals surface area (Å²) in [5, 5.41) is 0.683. The highest BCUT2D eigenvalue weighted by Gasteiger charge is 2.24. The van der Waals surface area contributed by atoms with Crippen LogP contribution in [0.5, 0.6) is 5.75 Å². The Morgan fingerprint density at radius 3 is 2.43 bits per heavy atom.